The highest BCUT2D eigenvalue weighted by molar-refractivity contribution is 9.09. The zero-order chi connectivity index (χ0) is 10.7. The molecule has 0 radical (unpaired) electrons. The lowest BCUT2D eigenvalue weighted by Gasteiger charge is -2.32. The van der Waals surface area contributed by atoms with Crippen molar-refractivity contribution in [1.29, 1.82) is 0 Å². The van der Waals surface area contributed by atoms with Gasteiger partial charge < -0.3 is 4.74 Å². The lowest BCUT2D eigenvalue weighted by atomic mass is 9.84. The van der Waals surface area contributed by atoms with E-state index < -0.39 is 0 Å². The molecule has 15 heavy (non-hydrogen) atoms. The van der Waals surface area contributed by atoms with Gasteiger partial charge in [-0.15, -0.1) is 0 Å². The normalized spacial score (nSPS) is 34.0. The minimum Gasteiger partial charge on any atom is -0.377 e. The summed E-state index contributed by atoms with van der Waals surface area (Å²) >= 11 is 3.61. The zero-order valence-electron chi connectivity index (χ0n) is 9.80. The summed E-state index contributed by atoms with van der Waals surface area (Å²) < 4.78 is 6.17. The van der Waals surface area contributed by atoms with Crippen LogP contribution in [0.5, 0.6) is 0 Å². The Morgan fingerprint density at radius 3 is 2.60 bits per heavy atom. The Hall–Kier alpha value is 0.440. The Kier molecular flexibility index (Phi) is 4.11. The van der Waals surface area contributed by atoms with E-state index in [1.54, 1.807) is 0 Å². The highest BCUT2D eigenvalue weighted by Gasteiger charge is 2.42. The van der Waals surface area contributed by atoms with Crippen LogP contribution in [0.1, 0.15) is 51.9 Å². The Balaban J connectivity index is 1.77. The first kappa shape index (κ1) is 11.9. The van der Waals surface area contributed by atoms with E-state index in [1.807, 2.05) is 0 Å². The Labute approximate surface area is 102 Å². The molecule has 2 aliphatic carbocycles. The first-order valence-corrected chi connectivity index (χ1v) is 7.59. The van der Waals surface area contributed by atoms with Gasteiger partial charge in [-0.3, -0.25) is 0 Å². The fourth-order valence-electron chi connectivity index (χ4n) is 2.64. The second-order valence-electron chi connectivity index (χ2n) is 5.44. The Morgan fingerprint density at radius 1 is 1.27 bits per heavy atom. The molecular weight excluding hydrogens is 252 g/mol. The Bertz CT molecular complexity index is 201. The summed E-state index contributed by atoms with van der Waals surface area (Å²) in [6, 6.07) is 0. The maximum atomic E-state index is 6.17. The van der Waals surface area contributed by atoms with Crippen molar-refractivity contribution in [2.75, 3.05) is 11.9 Å². The number of ether oxygens (including phenoxy) is 1. The van der Waals surface area contributed by atoms with Crippen molar-refractivity contribution >= 4 is 15.9 Å². The van der Waals surface area contributed by atoms with Crippen LogP contribution < -0.4 is 0 Å². The van der Waals surface area contributed by atoms with Crippen LogP contribution in [0.4, 0.5) is 0 Å². The van der Waals surface area contributed by atoms with Crippen molar-refractivity contribution in [3.8, 4) is 0 Å². The number of hydrogen-bond acceptors (Lipinski definition) is 1. The van der Waals surface area contributed by atoms with Gasteiger partial charge in [-0.1, -0.05) is 42.1 Å². The van der Waals surface area contributed by atoms with Crippen molar-refractivity contribution in [3.05, 3.63) is 0 Å². The Morgan fingerprint density at radius 2 is 2.00 bits per heavy atom. The summed E-state index contributed by atoms with van der Waals surface area (Å²) in [5.74, 6) is 0.838. The first-order valence-electron chi connectivity index (χ1n) is 6.47. The summed E-state index contributed by atoms with van der Waals surface area (Å²) in [6.45, 7) is 3.31. The third kappa shape index (κ3) is 2.97. The molecule has 0 aromatic rings. The molecule has 2 saturated carbocycles. The molecule has 2 unspecified atom stereocenters. The standard InChI is InChI=1S/C13H23BrO/c1-2-11-5-3-4-6-12(11)15-10-13(9-14)7-8-13/h11-12H,2-10H2,1H3. The second kappa shape index (κ2) is 5.18. The zero-order valence-corrected chi connectivity index (χ0v) is 11.4. The molecule has 0 aromatic heterocycles. The van der Waals surface area contributed by atoms with Crippen LogP contribution in [-0.2, 0) is 4.74 Å². The molecule has 0 N–H and O–H groups in total. The van der Waals surface area contributed by atoms with Crippen molar-refractivity contribution in [1.82, 2.24) is 0 Å². The predicted molar refractivity (Wildman–Crippen MR) is 67.5 cm³/mol. The quantitative estimate of drug-likeness (QED) is 0.685. The van der Waals surface area contributed by atoms with Gasteiger partial charge in [0.1, 0.15) is 0 Å². The van der Waals surface area contributed by atoms with Crippen LogP contribution in [0.15, 0.2) is 0 Å². The SMILES string of the molecule is CCC1CCCCC1OCC1(CBr)CC1. The molecule has 2 fully saturated rings. The fraction of sp³-hybridized carbons (Fsp3) is 1.00. The third-order valence-corrected chi connectivity index (χ3v) is 5.40. The van der Waals surface area contributed by atoms with E-state index in [0.29, 0.717) is 11.5 Å². The molecule has 0 amide bonds. The van der Waals surface area contributed by atoms with Gasteiger partial charge in [0, 0.05) is 10.7 Å². The highest BCUT2D eigenvalue weighted by Crippen LogP contribution is 2.48. The van der Waals surface area contributed by atoms with E-state index in [9.17, 15) is 0 Å². The van der Waals surface area contributed by atoms with E-state index in [-0.39, 0.29) is 0 Å². The molecule has 2 atom stereocenters. The van der Waals surface area contributed by atoms with Gasteiger partial charge in [0.2, 0.25) is 0 Å². The van der Waals surface area contributed by atoms with Crippen LogP contribution in [0.25, 0.3) is 0 Å². The molecule has 1 nitrogen and oxygen atoms in total. The topological polar surface area (TPSA) is 9.23 Å². The van der Waals surface area contributed by atoms with Crippen LogP contribution in [0.2, 0.25) is 0 Å². The van der Waals surface area contributed by atoms with Gasteiger partial charge in [-0.05, 0) is 31.6 Å². The average molecular weight is 275 g/mol. The minimum absolute atomic E-state index is 0.524. The van der Waals surface area contributed by atoms with Crippen molar-refractivity contribution < 1.29 is 4.74 Å². The number of rotatable bonds is 5. The van der Waals surface area contributed by atoms with Gasteiger partial charge in [-0.2, -0.15) is 0 Å². The smallest absolute Gasteiger partial charge is 0.0603 e. The lowest BCUT2D eigenvalue weighted by molar-refractivity contribution is -0.0292. The third-order valence-electron chi connectivity index (χ3n) is 4.21. The number of alkyl halides is 1. The molecule has 0 heterocycles. The van der Waals surface area contributed by atoms with Gasteiger partial charge in [0.15, 0.2) is 0 Å². The maximum Gasteiger partial charge on any atom is 0.0603 e. The van der Waals surface area contributed by atoms with E-state index in [1.165, 1.54) is 44.9 Å². The molecule has 2 heteroatoms. The minimum atomic E-state index is 0.524. The van der Waals surface area contributed by atoms with Crippen LogP contribution in [0.3, 0.4) is 0 Å². The molecule has 0 aromatic carbocycles. The van der Waals surface area contributed by atoms with Crippen LogP contribution in [0, 0.1) is 11.3 Å². The molecule has 88 valence electrons. The molecule has 0 saturated heterocycles. The molecule has 0 spiro atoms. The lowest BCUT2D eigenvalue weighted by Crippen LogP contribution is -2.30. The van der Waals surface area contributed by atoms with Gasteiger partial charge >= 0.3 is 0 Å². The molecule has 2 aliphatic rings. The molecular formula is C13H23BrO. The van der Waals surface area contributed by atoms with Gasteiger partial charge in [0.25, 0.3) is 0 Å². The van der Waals surface area contributed by atoms with E-state index in [0.717, 1.165) is 17.9 Å². The predicted octanol–water partition coefficient (Wildman–Crippen LogP) is 4.15. The molecule has 2 rings (SSSR count). The highest BCUT2D eigenvalue weighted by atomic mass is 79.9. The number of halogens is 1. The van der Waals surface area contributed by atoms with Gasteiger partial charge in [-0.25, -0.2) is 0 Å². The van der Waals surface area contributed by atoms with E-state index in [4.69, 9.17) is 4.74 Å². The first-order chi connectivity index (χ1) is 7.29. The van der Waals surface area contributed by atoms with Crippen molar-refractivity contribution in [2.45, 2.75) is 58.0 Å². The summed E-state index contributed by atoms with van der Waals surface area (Å²) in [4.78, 5) is 0. The van der Waals surface area contributed by atoms with E-state index >= 15 is 0 Å². The fourth-order valence-corrected chi connectivity index (χ4v) is 3.36. The largest absolute Gasteiger partial charge is 0.377 e. The summed E-state index contributed by atoms with van der Waals surface area (Å²) in [6.07, 6.45) is 10.1. The second-order valence-corrected chi connectivity index (χ2v) is 6.00. The summed E-state index contributed by atoms with van der Waals surface area (Å²) in [5.41, 5.74) is 0.524. The summed E-state index contributed by atoms with van der Waals surface area (Å²) in [7, 11) is 0. The monoisotopic (exact) mass is 274 g/mol. The van der Waals surface area contributed by atoms with Gasteiger partial charge in [0.05, 0.1) is 12.7 Å². The van der Waals surface area contributed by atoms with Crippen molar-refractivity contribution in [3.63, 3.8) is 0 Å². The van der Waals surface area contributed by atoms with Crippen LogP contribution in [-0.4, -0.2) is 18.0 Å². The van der Waals surface area contributed by atoms with E-state index in [2.05, 4.69) is 22.9 Å². The van der Waals surface area contributed by atoms with Crippen LogP contribution >= 0.6 is 15.9 Å². The summed E-state index contributed by atoms with van der Waals surface area (Å²) in [5, 5.41) is 1.13. The maximum absolute atomic E-state index is 6.17. The average Bonchev–Trinajstić information content (AvgIpc) is 3.07. The molecule has 0 aliphatic heterocycles. The molecule has 0 bridgehead atoms. The van der Waals surface area contributed by atoms with Crippen molar-refractivity contribution in [2.24, 2.45) is 11.3 Å². The number of hydrogen-bond donors (Lipinski definition) is 0.